The summed E-state index contributed by atoms with van der Waals surface area (Å²) < 4.78 is 6.89. The van der Waals surface area contributed by atoms with Gasteiger partial charge in [0.25, 0.3) is 11.5 Å². The molecule has 0 atom stereocenters. The number of aliphatic hydroxyl groups is 1. The number of pyridine rings is 1. The van der Waals surface area contributed by atoms with E-state index in [-0.39, 0.29) is 53.1 Å². The lowest BCUT2D eigenvalue weighted by atomic mass is 9.99. The highest BCUT2D eigenvalue weighted by atomic mass is 35.5. The minimum Gasteiger partial charge on any atom is -0.491 e. The Bertz CT molecular complexity index is 1720. The Balaban J connectivity index is 1.47. The number of aliphatic hydroxyl groups excluding tert-OH is 1. The maximum absolute atomic E-state index is 13.0. The van der Waals surface area contributed by atoms with E-state index in [2.05, 4.69) is 26.0 Å². The van der Waals surface area contributed by atoms with Gasteiger partial charge in [-0.25, -0.2) is 9.48 Å². The molecule has 2 aromatic carbocycles. The number of nitrogens with one attached hydrogen (secondary N) is 3. The van der Waals surface area contributed by atoms with Crippen molar-refractivity contribution in [1.82, 2.24) is 20.1 Å². The monoisotopic (exact) mass is 622 g/mol. The lowest BCUT2D eigenvalue weighted by molar-refractivity contribution is 0.0950. The zero-order valence-electron chi connectivity index (χ0n) is 23.1. The minimum absolute atomic E-state index is 0.00510. The molecule has 2 heterocycles. The van der Waals surface area contributed by atoms with Crippen LogP contribution in [0.3, 0.4) is 0 Å². The number of ether oxygens (including phenoxy) is 1. The molecule has 222 valence electrons. The van der Waals surface area contributed by atoms with Gasteiger partial charge in [-0.15, -0.1) is 0 Å². The van der Waals surface area contributed by atoms with Crippen LogP contribution in [0.4, 0.5) is 16.2 Å². The van der Waals surface area contributed by atoms with Crippen molar-refractivity contribution in [1.29, 1.82) is 0 Å². The second-order valence-electron chi connectivity index (χ2n) is 9.77. The molecule has 0 spiro atoms. The molecule has 43 heavy (non-hydrogen) atoms. The summed E-state index contributed by atoms with van der Waals surface area (Å²) in [5.74, 6) is 0.247. The highest BCUT2D eigenvalue weighted by Crippen LogP contribution is 2.31. The molecule has 11 nitrogen and oxygen atoms in total. The summed E-state index contributed by atoms with van der Waals surface area (Å²) in [5, 5.41) is 22.1. The fourth-order valence-electron chi connectivity index (χ4n) is 4.28. The smallest absolute Gasteiger partial charge is 0.323 e. The largest absolute Gasteiger partial charge is 0.491 e. The van der Waals surface area contributed by atoms with Crippen LogP contribution in [-0.4, -0.2) is 51.1 Å². The zero-order valence-corrected chi connectivity index (χ0v) is 24.6. The van der Waals surface area contributed by atoms with Crippen molar-refractivity contribution in [3.63, 3.8) is 0 Å². The topological polar surface area (TPSA) is 147 Å². The number of benzene rings is 2. The van der Waals surface area contributed by atoms with Crippen LogP contribution in [-0.2, 0) is 6.54 Å². The van der Waals surface area contributed by atoms with Crippen molar-refractivity contribution in [3.8, 4) is 28.1 Å². The average Bonchev–Trinajstić information content (AvgIpc) is 3.83. The number of carbonyl (C=O) groups excluding carboxylic acids is 2. The van der Waals surface area contributed by atoms with E-state index in [0.29, 0.717) is 28.1 Å². The highest BCUT2D eigenvalue weighted by molar-refractivity contribution is 6.39. The molecule has 1 aliphatic carbocycles. The van der Waals surface area contributed by atoms with E-state index < -0.39 is 11.6 Å². The number of aromatic nitrogens is 3. The van der Waals surface area contributed by atoms with E-state index in [1.807, 2.05) is 24.3 Å². The molecule has 1 fully saturated rings. The number of hydrogen-bond acceptors (Lipinski definition) is 7. The quantitative estimate of drug-likeness (QED) is 0.190. The molecule has 0 radical (unpaired) electrons. The average molecular weight is 623 g/mol. The third-order valence-corrected chi connectivity index (χ3v) is 7.12. The van der Waals surface area contributed by atoms with Gasteiger partial charge in [-0.1, -0.05) is 41.4 Å². The molecule has 2 aromatic heterocycles. The second-order valence-corrected chi connectivity index (χ2v) is 10.6. The molecule has 0 bridgehead atoms. The molecule has 4 aromatic rings. The number of hydrogen-bond donors (Lipinski definition) is 4. The summed E-state index contributed by atoms with van der Waals surface area (Å²) in [6.07, 6.45) is 4.58. The first-order valence-electron chi connectivity index (χ1n) is 13.5. The van der Waals surface area contributed by atoms with Crippen molar-refractivity contribution in [2.75, 3.05) is 23.8 Å². The van der Waals surface area contributed by atoms with Crippen LogP contribution in [0.15, 0.2) is 65.7 Å². The van der Waals surface area contributed by atoms with Gasteiger partial charge in [-0.3, -0.25) is 14.6 Å². The Morgan fingerprint density at radius 1 is 1.02 bits per heavy atom. The van der Waals surface area contributed by atoms with Crippen LogP contribution in [0.2, 0.25) is 10.0 Å². The molecule has 3 amide bonds. The molecule has 1 aliphatic rings. The first-order valence-corrected chi connectivity index (χ1v) is 14.3. The fraction of sp³-hybridized carbons (Fsp3) is 0.233. The molecular formula is C30H28Cl2N6O5. The summed E-state index contributed by atoms with van der Waals surface area (Å²) in [5.41, 5.74) is 2.66. The van der Waals surface area contributed by atoms with Gasteiger partial charge in [0, 0.05) is 36.1 Å². The normalized spacial score (nSPS) is 12.5. The fourth-order valence-corrected chi connectivity index (χ4v) is 4.74. The standard InChI is InChI=1S/C30H28Cl2N6O5/c1-2-38-29(41)26(35-30(42)36-27-23(31)15-33-16-24(27)32)14-25(37-38)18-5-3-4-17(10-18)19-11-20(28(40)34-21-6-7-21)13-22(12-19)43-9-8-39/h3-5,10-16,21,39H,2,6-9H2,1H3,(H,34,40)(H2,33,35,36,42). The molecule has 1 saturated carbocycles. The molecular weight excluding hydrogens is 595 g/mol. The summed E-state index contributed by atoms with van der Waals surface area (Å²) in [7, 11) is 0. The van der Waals surface area contributed by atoms with Crippen LogP contribution < -0.4 is 26.2 Å². The SMILES string of the molecule is CCn1nc(-c2cccc(-c3cc(OCCO)cc(C(=O)NC4CC4)c3)c2)cc(NC(=O)Nc2c(Cl)cncc2Cl)c1=O. The van der Waals surface area contributed by atoms with E-state index in [1.54, 1.807) is 25.1 Å². The highest BCUT2D eigenvalue weighted by Gasteiger charge is 2.24. The van der Waals surface area contributed by atoms with Crippen LogP contribution >= 0.6 is 23.2 Å². The van der Waals surface area contributed by atoms with Crippen molar-refractivity contribution in [3.05, 3.63) is 86.9 Å². The van der Waals surface area contributed by atoms with E-state index >= 15 is 0 Å². The Hall–Kier alpha value is -4.45. The van der Waals surface area contributed by atoms with E-state index in [1.165, 1.54) is 23.1 Å². The summed E-state index contributed by atoms with van der Waals surface area (Å²) in [6, 6.07) is 13.5. The van der Waals surface area contributed by atoms with Gasteiger partial charge < -0.3 is 25.8 Å². The number of anilines is 2. The zero-order chi connectivity index (χ0) is 30.5. The van der Waals surface area contributed by atoms with Crippen LogP contribution in [0.1, 0.15) is 30.1 Å². The Kier molecular flexibility index (Phi) is 9.24. The molecule has 0 aliphatic heterocycles. The Morgan fingerprint density at radius 2 is 1.77 bits per heavy atom. The van der Waals surface area contributed by atoms with Crippen LogP contribution in [0, 0.1) is 0 Å². The Morgan fingerprint density at radius 3 is 2.47 bits per heavy atom. The Labute approximate surface area is 256 Å². The van der Waals surface area contributed by atoms with Gasteiger partial charge in [-0.2, -0.15) is 5.10 Å². The predicted octanol–water partition coefficient (Wildman–Crippen LogP) is 5.21. The van der Waals surface area contributed by atoms with Gasteiger partial charge >= 0.3 is 6.03 Å². The second kappa shape index (κ2) is 13.2. The summed E-state index contributed by atoms with van der Waals surface area (Å²) >= 11 is 12.2. The van der Waals surface area contributed by atoms with E-state index in [9.17, 15) is 19.5 Å². The number of nitrogens with zero attached hydrogens (tertiary/aromatic N) is 3. The third kappa shape index (κ3) is 7.31. The molecule has 0 unspecified atom stereocenters. The lowest BCUT2D eigenvalue weighted by Crippen LogP contribution is -2.29. The van der Waals surface area contributed by atoms with E-state index in [4.69, 9.17) is 27.9 Å². The van der Waals surface area contributed by atoms with Gasteiger partial charge in [0.1, 0.15) is 18.0 Å². The first kappa shape index (κ1) is 30.0. The van der Waals surface area contributed by atoms with Gasteiger partial charge in [0.2, 0.25) is 0 Å². The number of carbonyl (C=O) groups is 2. The summed E-state index contributed by atoms with van der Waals surface area (Å²) in [6.45, 7) is 1.94. The van der Waals surface area contributed by atoms with Gasteiger partial charge in [-0.05, 0) is 61.2 Å². The van der Waals surface area contributed by atoms with Crippen LogP contribution in [0.25, 0.3) is 22.4 Å². The summed E-state index contributed by atoms with van der Waals surface area (Å²) in [4.78, 5) is 42.5. The maximum Gasteiger partial charge on any atom is 0.323 e. The van der Waals surface area contributed by atoms with Crippen molar-refractivity contribution >= 4 is 46.5 Å². The molecule has 4 N–H and O–H groups in total. The van der Waals surface area contributed by atoms with Crippen molar-refractivity contribution < 1.29 is 19.4 Å². The lowest BCUT2D eigenvalue weighted by Gasteiger charge is -2.14. The minimum atomic E-state index is -0.725. The number of aryl methyl sites for hydroxylation is 1. The molecule has 5 rings (SSSR count). The first-order chi connectivity index (χ1) is 20.7. The maximum atomic E-state index is 13.0. The van der Waals surface area contributed by atoms with Gasteiger partial charge in [0.05, 0.1) is 28.0 Å². The number of rotatable bonds is 10. The van der Waals surface area contributed by atoms with Gasteiger partial charge in [0.15, 0.2) is 0 Å². The molecule has 0 saturated heterocycles. The third-order valence-electron chi connectivity index (χ3n) is 6.55. The number of urea groups is 1. The number of halogens is 2. The molecule has 13 heteroatoms. The predicted molar refractivity (Wildman–Crippen MR) is 165 cm³/mol. The van der Waals surface area contributed by atoms with Crippen LogP contribution in [0.5, 0.6) is 5.75 Å². The van der Waals surface area contributed by atoms with Crippen molar-refractivity contribution in [2.45, 2.75) is 32.4 Å². The van der Waals surface area contributed by atoms with Crippen molar-refractivity contribution in [2.24, 2.45) is 0 Å². The number of amides is 3. The van der Waals surface area contributed by atoms with E-state index in [0.717, 1.165) is 18.4 Å².